The number of methoxy groups -OCH3 is 1. The molecule has 1 heterocycles. The summed E-state index contributed by atoms with van der Waals surface area (Å²) in [5.41, 5.74) is 0. The van der Waals surface area contributed by atoms with E-state index in [-0.39, 0.29) is 5.91 Å². The molecule has 17 heavy (non-hydrogen) atoms. The Balaban J connectivity index is 2.21. The molecule has 1 aliphatic heterocycles. The fraction of sp³-hybridized carbons (Fsp3) is 0.923. The zero-order valence-corrected chi connectivity index (χ0v) is 11.2. The molecule has 0 bridgehead atoms. The predicted octanol–water partition coefficient (Wildman–Crippen LogP) is 1.26. The van der Waals surface area contributed by atoms with E-state index in [0.29, 0.717) is 18.9 Å². The lowest BCUT2D eigenvalue weighted by Crippen LogP contribution is -2.35. The summed E-state index contributed by atoms with van der Waals surface area (Å²) in [5.74, 6) is 0.962. The first kappa shape index (κ1) is 14.5. The summed E-state index contributed by atoms with van der Waals surface area (Å²) in [5, 5.41) is 3.39. The highest BCUT2D eigenvalue weighted by molar-refractivity contribution is 5.76. The smallest absolute Gasteiger partial charge is 0.222 e. The molecule has 1 saturated heterocycles. The van der Waals surface area contributed by atoms with Crippen molar-refractivity contribution >= 4 is 5.91 Å². The molecule has 0 radical (unpaired) electrons. The molecule has 0 aromatic heterocycles. The van der Waals surface area contributed by atoms with Gasteiger partial charge in [0.2, 0.25) is 5.91 Å². The molecule has 4 heteroatoms. The molecule has 0 saturated carbocycles. The molecule has 0 aliphatic carbocycles. The third-order valence-corrected chi connectivity index (χ3v) is 3.47. The van der Waals surface area contributed by atoms with Crippen molar-refractivity contribution in [1.82, 2.24) is 10.2 Å². The van der Waals surface area contributed by atoms with E-state index in [4.69, 9.17) is 4.74 Å². The molecular weight excluding hydrogens is 216 g/mol. The fourth-order valence-electron chi connectivity index (χ4n) is 2.32. The van der Waals surface area contributed by atoms with Crippen LogP contribution < -0.4 is 5.32 Å². The Kier molecular flexibility index (Phi) is 7.21. The van der Waals surface area contributed by atoms with Gasteiger partial charge in [-0.15, -0.1) is 0 Å². The Hall–Kier alpha value is -0.610. The summed E-state index contributed by atoms with van der Waals surface area (Å²) in [6, 6.07) is 0. The first-order chi connectivity index (χ1) is 8.27. The summed E-state index contributed by atoms with van der Waals surface area (Å²) >= 11 is 0. The fourth-order valence-corrected chi connectivity index (χ4v) is 2.32. The van der Waals surface area contributed by atoms with E-state index < -0.39 is 0 Å². The number of hydrogen-bond acceptors (Lipinski definition) is 3. The number of carbonyl (C=O) groups is 1. The second-order valence-corrected chi connectivity index (χ2v) is 4.72. The summed E-state index contributed by atoms with van der Waals surface area (Å²) in [6.45, 7) is 6.37. The molecule has 4 nitrogen and oxygen atoms in total. The molecule has 1 unspecified atom stereocenters. The van der Waals surface area contributed by atoms with Gasteiger partial charge in [0.05, 0.1) is 6.61 Å². The first-order valence-corrected chi connectivity index (χ1v) is 6.75. The first-order valence-electron chi connectivity index (χ1n) is 6.75. The van der Waals surface area contributed by atoms with Crippen LogP contribution in [0.15, 0.2) is 0 Å². The average molecular weight is 242 g/mol. The van der Waals surface area contributed by atoms with E-state index in [9.17, 15) is 4.79 Å². The SMILES string of the molecule is CCN(CCOC)C(=O)CCC1CCCNC1. The van der Waals surface area contributed by atoms with E-state index in [0.717, 1.165) is 32.6 Å². The highest BCUT2D eigenvalue weighted by Crippen LogP contribution is 2.16. The molecule has 1 aliphatic rings. The molecule has 1 amide bonds. The number of nitrogens with one attached hydrogen (secondary N) is 1. The van der Waals surface area contributed by atoms with E-state index in [1.807, 2.05) is 11.8 Å². The van der Waals surface area contributed by atoms with E-state index in [1.54, 1.807) is 7.11 Å². The molecule has 100 valence electrons. The maximum absolute atomic E-state index is 12.0. The predicted molar refractivity (Wildman–Crippen MR) is 69.0 cm³/mol. The molecule has 1 N–H and O–H groups in total. The van der Waals surface area contributed by atoms with Crippen LogP contribution in [0.5, 0.6) is 0 Å². The maximum Gasteiger partial charge on any atom is 0.222 e. The van der Waals surface area contributed by atoms with Gasteiger partial charge in [0, 0.05) is 26.6 Å². The molecule has 0 spiro atoms. The second-order valence-electron chi connectivity index (χ2n) is 4.72. The van der Waals surface area contributed by atoms with E-state index >= 15 is 0 Å². The summed E-state index contributed by atoms with van der Waals surface area (Å²) in [7, 11) is 1.67. The van der Waals surface area contributed by atoms with Crippen LogP contribution in [0.4, 0.5) is 0 Å². The van der Waals surface area contributed by atoms with E-state index in [1.165, 1.54) is 12.8 Å². The van der Waals surface area contributed by atoms with Crippen molar-refractivity contribution in [1.29, 1.82) is 0 Å². The zero-order valence-electron chi connectivity index (χ0n) is 11.2. The van der Waals surface area contributed by atoms with Crippen molar-refractivity contribution in [3.63, 3.8) is 0 Å². The van der Waals surface area contributed by atoms with Gasteiger partial charge in [0.25, 0.3) is 0 Å². The van der Waals surface area contributed by atoms with Crippen LogP contribution in [-0.2, 0) is 9.53 Å². The van der Waals surface area contributed by atoms with Crippen molar-refractivity contribution in [3.8, 4) is 0 Å². The van der Waals surface area contributed by atoms with Crippen LogP contribution in [0.1, 0.15) is 32.6 Å². The molecule has 0 aromatic rings. The van der Waals surface area contributed by atoms with Gasteiger partial charge in [-0.1, -0.05) is 0 Å². The molecular formula is C13H26N2O2. The van der Waals surface area contributed by atoms with E-state index in [2.05, 4.69) is 5.32 Å². The molecule has 1 atom stereocenters. The third-order valence-electron chi connectivity index (χ3n) is 3.47. The minimum absolute atomic E-state index is 0.273. The van der Waals surface area contributed by atoms with Gasteiger partial charge in [-0.2, -0.15) is 0 Å². The van der Waals surface area contributed by atoms with Crippen molar-refractivity contribution in [3.05, 3.63) is 0 Å². The zero-order chi connectivity index (χ0) is 12.5. The van der Waals surface area contributed by atoms with Crippen LogP contribution >= 0.6 is 0 Å². The second kappa shape index (κ2) is 8.48. The van der Waals surface area contributed by atoms with Gasteiger partial charge < -0.3 is 15.0 Å². The minimum Gasteiger partial charge on any atom is -0.383 e. The summed E-state index contributed by atoms with van der Waals surface area (Å²) < 4.78 is 5.01. The Bertz CT molecular complexity index is 215. The number of likely N-dealkylation sites (N-methyl/N-ethyl adjacent to an activating group) is 1. The number of hydrogen-bond donors (Lipinski definition) is 1. The monoisotopic (exact) mass is 242 g/mol. The highest BCUT2D eigenvalue weighted by Gasteiger charge is 2.16. The Morgan fingerprint density at radius 3 is 2.94 bits per heavy atom. The summed E-state index contributed by atoms with van der Waals surface area (Å²) in [6.07, 6.45) is 4.23. The minimum atomic E-state index is 0.273. The van der Waals surface area contributed by atoms with Crippen LogP contribution in [0.3, 0.4) is 0 Å². The highest BCUT2D eigenvalue weighted by atomic mass is 16.5. The Morgan fingerprint density at radius 2 is 2.35 bits per heavy atom. The lowest BCUT2D eigenvalue weighted by atomic mass is 9.94. The number of amides is 1. The van der Waals surface area contributed by atoms with Gasteiger partial charge in [-0.25, -0.2) is 0 Å². The largest absolute Gasteiger partial charge is 0.383 e. The Labute approximate surface area is 105 Å². The standard InChI is InChI=1S/C13H26N2O2/c1-3-15(9-10-17-2)13(16)7-6-12-5-4-8-14-11-12/h12,14H,3-11H2,1-2H3. The normalized spacial score (nSPS) is 20.2. The van der Waals surface area contributed by atoms with Crippen LogP contribution in [0, 0.1) is 5.92 Å². The number of rotatable bonds is 7. The average Bonchev–Trinajstić information content (AvgIpc) is 2.38. The molecule has 1 fully saturated rings. The van der Waals surface area contributed by atoms with Gasteiger partial charge in [0.1, 0.15) is 0 Å². The lowest BCUT2D eigenvalue weighted by Gasteiger charge is -2.24. The van der Waals surface area contributed by atoms with Crippen LogP contribution in [0.2, 0.25) is 0 Å². The van der Waals surface area contributed by atoms with Crippen LogP contribution in [0.25, 0.3) is 0 Å². The van der Waals surface area contributed by atoms with Crippen LogP contribution in [-0.4, -0.2) is 50.7 Å². The number of carbonyl (C=O) groups excluding carboxylic acids is 1. The van der Waals surface area contributed by atoms with Crippen molar-refractivity contribution in [2.75, 3.05) is 39.9 Å². The van der Waals surface area contributed by atoms with Gasteiger partial charge in [0.15, 0.2) is 0 Å². The van der Waals surface area contributed by atoms with Crippen molar-refractivity contribution in [2.24, 2.45) is 5.92 Å². The number of piperidine rings is 1. The molecule has 0 aromatic carbocycles. The topological polar surface area (TPSA) is 41.6 Å². The van der Waals surface area contributed by atoms with Crippen molar-refractivity contribution < 1.29 is 9.53 Å². The molecule has 1 rings (SSSR count). The quantitative estimate of drug-likeness (QED) is 0.731. The number of ether oxygens (including phenoxy) is 1. The van der Waals surface area contributed by atoms with Gasteiger partial charge >= 0.3 is 0 Å². The van der Waals surface area contributed by atoms with Crippen molar-refractivity contribution in [2.45, 2.75) is 32.6 Å². The van der Waals surface area contributed by atoms with Gasteiger partial charge in [-0.3, -0.25) is 4.79 Å². The number of nitrogens with zero attached hydrogens (tertiary/aromatic N) is 1. The lowest BCUT2D eigenvalue weighted by molar-refractivity contribution is -0.132. The third kappa shape index (κ3) is 5.50. The maximum atomic E-state index is 12.0. The Morgan fingerprint density at radius 1 is 1.53 bits per heavy atom. The summed E-state index contributed by atoms with van der Waals surface area (Å²) in [4.78, 5) is 13.9. The van der Waals surface area contributed by atoms with Gasteiger partial charge in [-0.05, 0) is 45.2 Å².